The molecule has 0 atom stereocenters. The molecule has 2 heterocycles. The fraction of sp³-hybridized carbons (Fsp3) is 0.0526. The van der Waals surface area contributed by atoms with Crippen molar-refractivity contribution in [2.45, 2.75) is 6.54 Å². The summed E-state index contributed by atoms with van der Waals surface area (Å²) < 4.78 is 2.01. The fourth-order valence-corrected chi connectivity index (χ4v) is 3.97. The molecule has 0 saturated carbocycles. The van der Waals surface area contributed by atoms with E-state index in [2.05, 4.69) is 4.98 Å². The van der Waals surface area contributed by atoms with E-state index in [0.717, 1.165) is 10.4 Å². The third-order valence-electron chi connectivity index (χ3n) is 4.11. The lowest BCUT2D eigenvalue weighted by Gasteiger charge is -2.05. The van der Waals surface area contributed by atoms with Crippen LogP contribution in [0, 0.1) is 10.1 Å². The number of non-ortho nitro benzene ring substituents is 1. The van der Waals surface area contributed by atoms with Gasteiger partial charge < -0.3 is 0 Å². The molecule has 0 N–H and O–H groups in total. The van der Waals surface area contributed by atoms with Gasteiger partial charge in [0, 0.05) is 22.0 Å². The average molecular weight is 398 g/mol. The molecule has 134 valence electrons. The van der Waals surface area contributed by atoms with Gasteiger partial charge in [-0.25, -0.2) is 4.98 Å². The zero-order chi connectivity index (χ0) is 19.0. The summed E-state index contributed by atoms with van der Waals surface area (Å²) >= 11 is 7.30. The number of fused-ring (bicyclic) bond motifs is 1. The molecular formula is C19H12ClN3O3S. The number of rotatable bonds is 4. The number of hydrogen-bond acceptors (Lipinski definition) is 5. The minimum absolute atomic E-state index is 0.00395. The zero-order valence-electron chi connectivity index (χ0n) is 13.8. The van der Waals surface area contributed by atoms with Crippen molar-refractivity contribution in [3.05, 3.63) is 92.0 Å². The quantitative estimate of drug-likeness (QED) is 0.368. The van der Waals surface area contributed by atoms with Gasteiger partial charge >= 0.3 is 0 Å². The summed E-state index contributed by atoms with van der Waals surface area (Å²) in [5, 5.41) is 11.6. The fourth-order valence-electron chi connectivity index (χ4n) is 2.78. The summed E-state index contributed by atoms with van der Waals surface area (Å²) in [6.45, 7) is 0.220. The van der Waals surface area contributed by atoms with Gasteiger partial charge in [-0.05, 0) is 29.3 Å². The van der Waals surface area contributed by atoms with E-state index < -0.39 is 4.92 Å². The van der Waals surface area contributed by atoms with Gasteiger partial charge in [0.15, 0.2) is 0 Å². The minimum Gasteiger partial charge on any atom is -0.294 e. The molecular weight excluding hydrogens is 386 g/mol. The van der Waals surface area contributed by atoms with Crippen LogP contribution in [0.4, 0.5) is 5.69 Å². The summed E-state index contributed by atoms with van der Waals surface area (Å²) in [6.07, 6.45) is 1.47. The maximum Gasteiger partial charge on any atom is 0.271 e. The molecule has 8 heteroatoms. The van der Waals surface area contributed by atoms with Gasteiger partial charge in [0.25, 0.3) is 11.2 Å². The van der Waals surface area contributed by atoms with Crippen LogP contribution < -0.4 is 5.56 Å². The van der Waals surface area contributed by atoms with Gasteiger partial charge in [-0.1, -0.05) is 35.9 Å². The molecule has 0 radical (unpaired) electrons. The largest absolute Gasteiger partial charge is 0.294 e. The van der Waals surface area contributed by atoms with Gasteiger partial charge in [-0.15, -0.1) is 11.3 Å². The van der Waals surface area contributed by atoms with Gasteiger partial charge in [0.05, 0.1) is 23.3 Å². The molecule has 27 heavy (non-hydrogen) atoms. The van der Waals surface area contributed by atoms with Crippen molar-refractivity contribution >= 4 is 38.8 Å². The molecule has 0 aliphatic carbocycles. The summed E-state index contributed by atoms with van der Waals surface area (Å²) in [4.78, 5) is 28.6. The third kappa shape index (κ3) is 3.47. The Balaban J connectivity index is 1.72. The Labute approximate surface area is 162 Å². The smallest absolute Gasteiger partial charge is 0.271 e. The van der Waals surface area contributed by atoms with Crippen LogP contribution in [0.5, 0.6) is 0 Å². The second kappa shape index (κ2) is 6.94. The molecule has 0 saturated heterocycles. The van der Waals surface area contributed by atoms with Crippen LogP contribution in [-0.2, 0) is 6.54 Å². The van der Waals surface area contributed by atoms with Crippen LogP contribution in [0.2, 0.25) is 5.02 Å². The molecule has 0 aliphatic rings. The maximum atomic E-state index is 12.8. The van der Waals surface area contributed by atoms with Gasteiger partial charge in [0.2, 0.25) is 0 Å². The molecule has 0 amide bonds. The molecule has 2 aromatic heterocycles. The lowest BCUT2D eigenvalue weighted by Crippen LogP contribution is -2.20. The number of nitro groups is 1. The number of thiophene rings is 1. The number of aromatic nitrogens is 2. The van der Waals surface area contributed by atoms with Crippen molar-refractivity contribution < 1.29 is 4.92 Å². The van der Waals surface area contributed by atoms with Gasteiger partial charge in [-0.2, -0.15) is 0 Å². The maximum absolute atomic E-state index is 12.8. The van der Waals surface area contributed by atoms with E-state index in [1.165, 1.54) is 34.4 Å². The van der Waals surface area contributed by atoms with Gasteiger partial charge in [-0.3, -0.25) is 19.5 Å². The van der Waals surface area contributed by atoms with E-state index >= 15 is 0 Å². The van der Waals surface area contributed by atoms with Gasteiger partial charge in [0.1, 0.15) is 4.70 Å². The van der Waals surface area contributed by atoms with E-state index in [0.29, 0.717) is 20.8 Å². The Morgan fingerprint density at radius 1 is 1.15 bits per heavy atom. The van der Waals surface area contributed by atoms with Crippen molar-refractivity contribution in [3.63, 3.8) is 0 Å². The molecule has 4 aromatic rings. The van der Waals surface area contributed by atoms with Crippen LogP contribution in [0.1, 0.15) is 5.56 Å². The molecule has 0 spiro atoms. The van der Waals surface area contributed by atoms with E-state index in [1.807, 2.05) is 18.2 Å². The van der Waals surface area contributed by atoms with E-state index in [4.69, 9.17) is 11.6 Å². The monoisotopic (exact) mass is 397 g/mol. The van der Waals surface area contributed by atoms with Crippen molar-refractivity contribution in [2.24, 2.45) is 0 Å². The summed E-state index contributed by atoms with van der Waals surface area (Å²) in [5.41, 5.74) is 2.09. The Bertz CT molecular complexity index is 1220. The first kappa shape index (κ1) is 17.4. The second-order valence-corrected chi connectivity index (χ2v) is 7.43. The zero-order valence-corrected chi connectivity index (χ0v) is 15.4. The van der Waals surface area contributed by atoms with Crippen molar-refractivity contribution in [1.82, 2.24) is 9.55 Å². The molecule has 0 bridgehead atoms. The Kier molecular flexibility index (Phi) is 4.47. The van der Waals surface area contributed by atoms with E-state index in [1.54, 1.807) is 24.3 Å². The Morgan fingerprint density at radius 3 is 2.67 bits per heavy atom. The highest BCUT2D eigenvalue weighted by Gasteiger charge is 2.12. The number of hydrogen-bond donors (Lipinski definition) is 0. The first-order chi connectivity index (χ1) is 13.0. The summed E-state index contributed by atoms with van der Waals surface area (Å²) in [6, 6.07) is 15.5. The number of halogens is 1. The molecule has 2 aromatic carbocycles. The summed E-state index contributed by atoms with van der Waals surface area (Å²) in [7, 11) is 0. The Morgan fingerprint density at radius 2 is 1.93 bits per heavy atom. The molecule has 4 rings (SSSR count). The highest BCUT2D eigenvalue weighted by Crippen LogP contribution is 2.31. The van der Waals surface area contributed by atoms with E-state index in [9.17, 15) is 14.9 Å². The van der Waals surface area contributed by atoms with E-state index in [-0.39, 0.29) is 17.8 Å². The minimum atomic E-state index is -0.453. The lowest BCUT2D eigenvalue weighted by atomic mass is 10.2. The standard InChI is InChI=1S/C19H12ClN3O3S/c20-14-6-4-13(5-7-14)17-9-16-18(27-17)19(24)22(11-21-16)10-12-2-1-3-15(8-12)23(25)26/h1-9,11H,10H2. The number of nitrogens with zero attached hydrogens (tertiary/aromatic N) is 3. The first-order valence-electron chi connectivity index (χ1n) is 7.99. The van der Waals surface area contributed by atoms with Crippen LogP contribution >= 0.6 is 22.9 Å². The van der Waals surface area contributed by atoms with Crippen molar-refractivity contribution in [2.75, 3.05) is 0 Å². The predicted octanol–water partition coefficient (Wildman–Crippen LogP) is 4.73. The second-order valence-electron chi connectivity index (χ2n) is 5.94. The topological polar surface area (TPSA) is 78.0 Å². The molecule has 0 fully saturated rings. The molecule has 0 aliphatic heterocycles. The summed E-state index contributed by atoms with van der Waals surface area (Å²) in [5.74, 6) is 0. The Hall–Kier alpha value is -3.03. The molecule has 6 nitrogen and oxygen atoms in total. The highest BCUT2D eigenvalue weighted by atomic mass is 35.5. The lowest BCUT2D eigenvalue weighted by molar-refractivity contribution is -0.384. The average Bonchev–Trinajstić information content (AvgIpc) is 3.10. The normalized spacial score (nSPS) is 11.0. The molecule has 0 unspecified atom stereocenters. The highest BCUT2D eigenvalue weighted by molar-refractivity contribution is 7.22. The van der Waals surface area contributed by atoms with Crippen LogP contribution in [0.15, 0.2) is 65.7 Å². The first-order valence-corrected chi connectivity index (χ1v) is 9.19. The number of benzene rings is 2. The SMILES string of the molecule is O=c1c2sc(-c3ccc(Cl)cc3)cc2ncn1Cc1cccc([N+](=O)[O-])c1. The van der Waals surface area contributed by atoms with Crippen LogP contribution in [0.3, 0.4) is 0 Å². The van der Waals surface area contributed by atoms with Crippen LogP contribution in [-0.4, -0.2) is 14.5 Å². The van der Waals surface area contributed by atoms with Crippen LogP contribution in [0.25, 0.3) is 20.7 Å². The van der Waals surface area contributed by atoms with Crippen molar-refractivity contribution in [1.29, 1.82) is 0 Å². The number of nitro benzene ring substituents is 1. The van der Waals surface area contributed by atoms with Crippen molar-refractivity contribution in [3.8, 4) is 10.4 Å². The predicted molar refractivity (Wildman–Crippen MR) is 107 cm³/mol. The third-order valence-corrected chi connectivity index (χ3v) is 5.52.